The van der Waals surface area contributed by atoms with Gasteiger partial charge in [0, 0.05) is 12.8 Å². The number of esters is 1. The molecule has 0 radical (unpaired) electrons. The summed E-state index contributed by atoms with van der Waals surface area (Å²) in [5.74, 6) is -1.95. The molecule has 78 heavy (non-hydrogen) atoms. The number of alkyl carbamates (subject to hydrolysis) is 1. The molecule has 0 spiro atoms. The molecule has 418 valence electrons. The molecule has 2 fully saturated rings. The lowest BCUT2D eigenvalue weighted by atomic mass is 9.95. The van der Waals surface area contributed by atoms with Crippen LogP contribution in [0.25, 0.3) is 11.1 Å². The number of ether oxygens (including phenoxy) is 6. The summed E-state index contributed by atoms with van der Waals surface area (Å²) in [6.07, 6.45) is -18.4. The lowest BCUT2D eigenvalue weighted by Gasteiger charge is -2.48. The van der Waals surface area contributed by atoms with Crippen LogP contribution in [0.4, 0.5) is 13.6 Å². The number of fused-ring (bicyclic) bond motifs is 3. The summed E-state index contributed by atoms with van der Waals surface area (Å²) < 4.78 is 68.8. The van der Waals surface area contributed by atoms with Crippen molar-refractivity contribution < 1.29 is 86.0 Å². The minimum atomic E-state index is -2.33. The Morgan fingerprint density at radius 1 is 0.654 bits per heavy atom. The number of nitrogens with one attached hydrogen (secondary N) is 2. The zero-order valence-electron chi connectivity index (χ0n) is 43.9. The van der Waals surface area contributed by atoms with Gasteiger partial charge in [-0.15, -0.1) is 0 Å². The average Bonchev–Trinajstić information content (AvgIpc) is 3.91. The van der Waals surface area contributed by atoms with Crippen molar-refractivity contribution in [1.29, 1.82) is 0 Å². The molecule has 3 N–H and O–H groups in total. The lowest BCUT2D eigenvalue weighted by molar-refractivity contribution is -0.454. The maximum atomic E-state index is 17.5. The largest absolute Gasteiger partial charge is 0.458 e. The van der Waals surface area contributed by atoms with Crippen LogP contribution in [0.5, 0.6) is 0 Å². The van der Waals surface area contributed by atoms with Crippen molar-refractivity contribution in [2.24, 2.45) is 0 Å². The highest BCUT2D eigenvalue weighted by atomic mass is 19.1. The van der Waals surface area contributed by atoms with Crippen LogP contribution in [0.2, 0.25) is 0 Å². The van der Waals surface area contributed by atoms with Crippen molar-refractivity contribution >= 4 is 18.0 Å². The molecule has 0 unspecified atom stereocenters. The van der Waals surface area contributed by atoms with Crippen molar-refractivity contribution in [2.75, 3.05) is 19.9 Å². The standard InChI is InChI=1S/C58H66F2N2O16/c1-35(48(54(65)76-58(3,4)5)62-57(66)67-33-44-42-27-17-15-25-40(42)41-26-16-18-28-43(41)44)72-56-49(61-36(2)63)53(50(64)45(29-59)73-56)75-55-47(60)52(78-71-32-39-23-13-8-14-24-39)51(77-70-31-38-21-11-7-12-22-38)46(74-55)34-69-68-30-37-19-9-6-10-20-37/h6-28,35,44-53,55-56,64H,29-34H2,1-5H3,(H,61,63)(H,62,66)/t35-,45-,46-,47-,48+,49-,50+,51+,52-,53-,55+,56+/m1/s1. The summed E-state index contributed by atoms with van der Waals surface area (Å²) in [6, 6.07) is 39.5. The first-order valence-corrected chi connectivity index (χ1v) is 25.7. The summed E-state index contributed by atoms with van der Waals surface area (Å²) in [5, 5.41) is 17.0. The van der Waals surface area contributed by atoms with Crippen LogP contribution < -0.4 is 10.6 Å². The molecule has 2 heterocycles. The first-order chi connectivity index (χ1) is 37.7. The number of carbonyl (C=O) groups is 3. The minimum absolute atomic E-state index is 0.0163. The van der Waals surface area contributed by atoms with E-state index < -0.39 is 110 Å². The van der Waals surface area contributed by atoms with Crippen LogP contribution in [0, 0.1) is 0 Å². The van der Waals surface area contributed by atoms with E-state index in [0.717, 1.165) is 40.3 Å². The van der Waals surface area contributed by atoms with E-state index >= 15 is 8.78 Å². The van der Waals surface area contributed by atoms with Gasteiger partial charge >= 0.3 is 12.1 Å². The third-order valence-electron chi connectivity index (χ3n) is 13.0. The summed E-state index contributed by atoms with van der Waals surface area (Å²) in [7, 11) is 0. The molecular weight excluding hydrogens is 1020 g/mol. The molecule has 1 aliphatic carbocycles. The van der Waals surface area contributed by atoms with Crippen molar-refractivity contribution in [2.45, 2.75) is 140 Å². The smallest absolute Gasteiger partial charge is 0.407 e. The molecule has 5 aromatic rings. The minimum Gasteiger partial charge on any atom is -0.458 e. The Kier molecular flexibility index (Phi) is 20.4. The summed E-state index contributed by atoms with van der Waals surface area (Å²) in [5.41, 5.74) is 5.07. The molecule has 20 heteroatoms. The van der Waals surface area contributed by atoms with Crippen LogP contribution in [0.1, 0.15) is 68.4 Å². The fourth-order valence-corrected chi connectivity index (χ4v) is 9.30. The van der Waals surface area contributed by atoms with E-state index in [1.165, 1.54) is 6.92 Å². The molecule has 18 nitrogen and oxygen atoms in total. The molecule has 2 aliphatic heterocycles. The SMILES string of the molecule is CC(=O)N[C@H]1[C@@H](O[C@H](C)[C@H](NC(=O)OCC2c3ccccc3-c3ccccc32)C(=O)OC(C)(C)C)O[C@H](CF)[C@H](O)[C@@H]1O[C@@H]1O[C@H](COOCc2ccccc2)[C@H](OOCc2ccccc2)[C@H](OOCc2ccccc2)[C@H]1F. The van der Waals surface area contributed by atoms with Crippen LogP contribution >= 0.6 is 0 Å². The van der Waals surface area contributed by atoms with Gasteiger partial charge in [-0.1, -0.05) is 140 Å². The Morgan fingerprint density at radius 2 is 1.17 bits per heavy atom. The predicted octanol–water partition coefficient (Wildman–Crippen LogP) is 7.83. The number of aliphatic hydroxyl groups is 1. The first kappa shape index (κ1) is 57.9. The van der Waals surface area contributed by atoms with E-state index in [2.05, 4.69) is 10.6 Å². The second kappa shape index (κ2) is 27.5. The van der Waals surface area contributed by atoms with Gasteiger partial charge in [0.2, 0.25) is 5.91 Å². The quantitative estimate of drug-likeness (QED) is 0.0233. The van der Waals surface area contributed by atoms with Gasteiger partial charge in [0.25, 0.3) is 0 Å². The Labute approximate surface area is 451 Å². The average molecular weight is 1090 g/mol. The van der Waals surface area contributed by atoms with Gasteiger partial charge in [0.1, 0.15) is 75.8 Å². The van der Waals surface area contributed by atoms with Gasteiger partial charge in [-0.05, 0) is 66.6 Å². The zero-order chi connectivity index (χ0) is 55.2. The molecular formula is C58H66F2N2O16. The third kappa shape index (κ3) is 15.3. The van der Waals surface area contributed by atoms with E-state index in [1.807, 2.05) is 91.0 Å². The molecule has 0 saturated carbocycles. The molecule has 8 rings (SSSR count). The number of halogens is 2. The molecule has 2 amide bonds. The van der Waals surface area contributed by atoms with Gasteiger partial charge < -0.3 is 44.2 Å². The zero-order valence-corrected chi connectivity index (χ0v) is 43.9. The molecule has 2 saturated heterocycles. The van der Waals surface area contributed by atoms with Crippen LogP contribution in [0.15, 0.2) is 140 Å². The van der Waals surface area contributed by atoms with Gasteiger partial charge in [0.05, 0.1) is 6.10 Å². The van der Waals surface area contributed by atoms with Gasteiger partial charge in [-0.25, -0.2) is 47.7 Å². The number of aliphatic hydroxyl groups excluding tert-OH is 1. The molecule has 12 atom stereocenters. The van der Waals surface area contributed by atoms with E-state index in [9.17, 15) is 19.5 Å². The number of hydrogen-bond donors (Lipinski definition) is 3. The molecule has 5 aromatic carbocycles. The second-order valence-electron chi connectivity index (χ2n) is 20.0. The summed E-state index contributed by atoms with van der Waals surface area (Å²) >= 11 is 0. The van der Waals surface area contributed by atoms with Crippen molar-refractivity contribution in [3.63, 3.8) is 0 Å². The number of carbonyl (C=O) groups excluding carboxylic acids is 3. The number of benzene rings is 5. The predicted molar refractivity (Wildman–Crippen MR) is 274 cm³/mol. The maximum absolute atomic E-state index is 17.5. The van der Waals surface area contributed by atoms with E-state index in [1.54, 1.807) is 69.3 Å². The highest BCUT2D eigenvalue weighted by molar-refractivity contribution is 5.83. The Balaban J connectivity index is 1.03. The molecule has 0 aromatic heterocycles. The first-order valence-electron chi connectivity index (χ1n) is 25.7. The Bertz CT molecular complexity index is 2640. The van der Waals surface area contributed by atoms with Crippen molar-refractivity contribution in [3.05, 3.63) is 167 Å². The van der Waals surface area contributed by atoms with Crippen molar-refractivity contribution in [3.8, 4) is 11.1 Å². The number of rotatable bonds is 24. The Hall–Kier alpha value is -6.27. The van der Waals surface area contributed by atoms with Crippen LogP contribution in [-0.2, 0) is 87.2 Å². The van der Waals surface area contributed by atoms with Gasteiger partial charge in [-0.2, -0.15) is 0 Å². The van der Waals surface area contributed by atoms with E-state index in [4.69, 9.17) is 57.7 Å². The monoisotopic (exact) mass is 1080 g/mol. The summed E-state index contributed by atoms with van der Waals surface area (Å²) in [4.78, 5) is 74.8. The summed E-state index contributed by atoms with van der Waals surface area (Å²) in [6.45, 7) is 5.39. The lowest BCUT2D eigenvalue weighted by Crippen LogP contribution is -2.68. The van der Waals surface area contributed by atoms with Crippen LogP contribution in [-0.4, -0.2) is 122 Å². The van der Waals surface area contributed by atoms with E-state index in [-0.39, 0.29) is 32.3 Å². The van der Waals surface area contributed by atoms with Gasteiger partial charge in [0.15, 0.2) is 37.0 Å². The second-order valence-corrected chi connectivity index (χ2v) is 20.0. The fourth-order valence-electron chi connectivity index (χ4n) is 9.30. The number of amides is 2. The van der Waals surface area contributed by atoms with E-state index in [0.29, 0.717) is 5.56 Å². The molecule has 3 aliphatic rings. The normalized spacial score (nSPS) is 24.8. The topological polar surface area (TPSA) is 206 Å². The van der Waals surface area contributed by atoms with Gasteiger partial charge in [-0.3, -0.25) is 4.79 Å². The Morgan fingerprint density at radius 3 is 1.71 bits per heavy atom. The third-order valence-corrected chi connectivity index (χ3v) is 13.0. The van der Waals surface area contributed by atoms with Crippen LogP contribution in [0.3, 0.4) is 0 Å². The number of hydrogen-bond acceptors (Lipinski definition) is 16. The maximum Gasteiger partial charge on any atom is 0.407 e. The number of alkyl halides is 2. The highest BCUT2D eigenvalue weighted by Crippen LogP contribution is 2.44. The fraction of sp³-hybridized carbons (Fsp3) is 0.431. The highest BCUT2D eigenvalue weighted by Gasteiger charge is 2.55. The molecule has 0 bridgehead atoms. The van der Waals surface area contributed by atoms with Crippen molar-refractivity contribution in [1.82, 2.24) is 10.6 Å².